The van der Waals surface area contributed by atoms with Gasteiger partial charge in [0.1, 0.15) is 0 Å². The minimum atomic E-state index is 0.0934. The molecule has 0 aromatic carbocycles. The molecule has 1 unspecified atom stereocenters. The monoisotopic (exact) mass is 227 g/mol. The highest BCUT2D eigenvalue weighted by Gasteiger charge is 2.13. The van der Waals surface area contributed by atoms with Crippen molar-refractivity contribution >= 4 is 16.5 Å². The number of nitrogens with zero attached hydrogens (tertiary/aromatic N) is 2. The van der Waals surface area contributed by atoms with Gasteiger partial charge in [-0.1, -0.05) is 13.3 Å². The molecule has 1 aromatic rings. The second-order valence-corrected chi connectivity index (χ2v) is 5.02. The third kappa shape index (κ3) is 3.18. The summed E-state index contributed by atoms with van der Waals surface area (Å²) in [6.45, 7) is 7.32. The lowest BCUT2D eigenvalue weighted by molar-refractivity contribution is 0.763. The van der Waals surface area contributed by atoms with Gasteiger partial charge in [-0.05, 0) is 20.3 Å². The van der Waals surface area contributed by atoms with Crippen molar-refractivity contribution in [1.82, 2.24) is 4.98 Å². The van der Waals surface area contributed by atoms with Crippen LogP contribution in [0.5, 0.6) is 0 Å². The van der Waals surface area contributed by atoms with E-state index in [2.05, 4.69) is 23.9 Å². The third-order valence-corrected chi connectivity index (χ3v) is 3.88. The molecule has 0 spiro atoms. The Labute approximate surface area is 96.3 Å². The Morgan fingerprint density at radius 3 is 2.67 bits per heavy atom. The first kappa shape index (κ1) is 12.5. The molecule has 1 aromatic heterocycles. The fourth-order valence-corrected chi connectivity index (χ4v) is 2.48. The van der Waals surface area contributed by atoms with E-state index in [0.717, 1.165) is 17.4 Å². The molecule has 0 fully saturated rings. The first-order valence-electron chi connectivity index (χ1n) is 5.50. The quantitative estimate of drug-likeness (QED) is 0.841. The number of aryl methyl sites for hydroxylation is 1. The highest BCUT2D eigenvalue weighted by Crippen LogP contribution is 2.29. The van der Waals surface area contributed by atoms with Crippen molar-refractivity contribution in [2.24, 2.45) is 5.73 Å². The molecule has 0 radical (unpaired) electrons. The smallest absolute Gasteiger partial charge is 0.185 e. The lowest BCUT2D eigenvalue weighted by Gasteiger charge is -2.14. The highest BCUT2D eigenvalue weighted by atomic mass is 32.1. The SMILES string of the molecule is CCCCN(C)c1nc(C)c(C(C)N)s1. The summed E-state index contributed by atoms with van der Waals surface area (Å²) in [5.74, 6) is 0. The zero-order valence-electron chi connectivity index (χ0n) is 10.1. The summed E-state index contributed by atoms with van der Waals surface area (Å²) in [6.07, 6.45) is 2.43. The molecule has 2 N–H and O–H groups in total. The second kappa shape index (κ2) is 5.47. The minimum absolute atomic E-state index is 0.0934. The van der Waals surface area contributed by atoms with Gasteiger partial charge in [0, 0.05) is 24.5 Å². The van der Waals surface area contributed by atoms with Crippen LogP contribution in [0.15, 0.2) is 0 Å². The Balaban J connectivity index is 2.73. The van der Waals surface area contributed by atoms with Crippen LogP contribution in [-0.2, 0) is 0 Å². The lowest BCUT2D eigenvalue weighted by atomic mass is 10.2. The average molecular weight is 227 g/mol. The summed E-state index contributed by atoms with van der Waals surface area (Å²) in [6, 6.07) is 0.0934. The van der Waals surface area contributed by atoms with Gasteiger partial charge in [-0.3, -0.25) is 0 Å². The zero-order valence-corrected chi connectivity index (χ0v) is 10.9. The van der Waals surface area contributed by atoms with Gasteiger partial charge in [-0.25, -0.2) is 4.98 Å². The van der Waals surface area contributed by atoms with Gasteiger partial charge in [-0.15, -0.1) is 11.3 Å². The molecular formula is C11H21N3S. The summed E-state index contributed by atoms with van der Waals surface area (Å²) in [5, 5.41) is 1.09. The predicted molar refractivity (Wildman–Crippen MR) is 67.6 cm³/mol. The lowest BCUT2D eigenvalue weighted by Crippen LogP contribution is -2.17. The first-order chi connectivity index (χ1) is 7.06. The van der Waals surface area contributed by atoms with Crippen molar-refractivity contribution in [3.05, 3.63) is 10.6 Å². The van der Waals surface area contributed by atoms with Crippen molar-refractivity contribution in [3.63, 3.8) is 0 Å². The number of nitrogens with two attached hydrogens (primary N) is 1. The third-order valence-electron chi connectivity index (χ3n) is 2.41. The van der Waals surface area contributed by atoms with E-state index >= 15 is 0 Å². The highest BCUT2D eigenvalue weighted by molar-refractivity contribution is 7.15. The molecule has 1 heterocycles. The zero-order chi connectivity index (χ0) is 11.4. The number of thiazole rings is 1. The molecule has 1 atom stereocenters. The molecule has 4 heteroatoms. The average Bonchev–Trinajstić information content (AvgIpc) is 2.56. The van der Waals surface area contributed by atoms with E-state index < -0.39 is 0 Å². The number of rotatable bonds is 5. The van der Waals surface area contributed by atoms with Gasteiger partial charge in [0.05, 0.1) is 5.69 Å². The standard InChI is InChI=1S/C11H21N3S/c1-5-6-7-14(4)11-13-9(3)10(15-11)8(2)12/h8H,5-7,12H2,1-4H3. The maximum absolute atomic E-state index is 5.88. The fraction of sp³-hybridized carbons (Fsp3) is 0.727. The second-order valence-electron chi connectivity index (χ2n) is 4.01. The number of aromatic nitrogens is 1. The van der Waals surface area contributed by atoms with Crippen LogP contribution in [0.25, 0.3) is 0 Å². The van der Waals surface area contributed by atoms with E-state index in [9.17, 15) is 0 Å². The Morgan fingerprint density at radius 2 is 2.20 bits per heavy atom. The van der Waals surface area contributed by atoms with E-state index in [1.165, 1.54) is 17.7 Å². The minimum Gasteiger partial charge on any atom is -0.351 e. The van der Waals surface area contributed by atoms with E-state index in [4.69, 9.17) is 5.73 Å². The number of unbranched alkanes of at least 4 members (excludes halogenated alkanes) is 1. The molecule has 0 aliphatic rings. The summed E-state index contributed by atoms with van der Waals surface area (Å²) in [4.78, 5) is 7.97. The maximum Gasteiger partial charge on any atom is 0.185 e. The van der Waals surface area contributed by atoms with Crippen LogP contribution >= 0.6 is 11.3 Å². The Bertz CT molecular complexity index is 307. The molecule has 0 aliphatic carbocycles. The van der Waals surface area contributed by atoms with Gasteiger partial charge in [0.15, 0.2) is 5.13 Å². The maximum atomic E-state index is 5.88. The predicted octanol–water partition coefficient (Wildman–Crippen LogP) is 2.71. The van der Waals surface area contributed by atoms with E-state index in [1.54, 1.807) is 11.3 Å². The largest absolute Gasteiger partial charge is 0.351 e. The topological polar surface area (TPSA) is 42.2 Å². The molecule has 0 bridgehead atoms. The Hall–Kier alpha value is -0.610. The van der Waals surface area contributed by atoms with Gasteiger partial charge in [-0.2, -0.15) is 0 Å². The molecule has 0 saturated heterocycles. The van der Waals surface area contributed by atoms with Crippen LogP contribution in [0.4, 0.5) is 5.13 Å². The van der Waals surface area contributed by atoms with Gasteiger partial charge < -0.3 is 10.6 Å². The number of hydrogen-bond acceptors (Lipinski definition) is 4. The molecule has 3 nitrogen and oxygen atoms in total. The van der Waals surface area contributed by atoms with E-state index in [-0.39, 0.29) is 6.04 Å². The van der Waals surface area contributed by atoms with Crippen molar-refractivity contribution in [2.75, 3.05) is 18.5 Å². The van der Waals surface area contributed by atoms with Gasteiger partial charge in [0.25, 0.3) is 0 Å². The van der Waals surface area contributed by atoms with Crippen molar-refractivity contribution in [3.8, 4) is 0 Å². The van der Waals surface area contributed by atoms with Crippen LogP contribution in [0.2, 0.25) is 0 Å². The molecule has 1 rings (SSSR count). The van der Waals surface area contributed by atoms with Crippen LogP contribution in [0.3, 0.4) is 0 Å². The molecule has 0 saturated carbocycles. The molecular weight excluding hydrogens is 206 g/mol. The summed E-state index contributed by atoms with van der Waals surface area (Å²) in [7, 11) is 2.10. The van der Waals surface area contributed by atoms with Crippen LogP contribution in [-0.4, -0.2) is 18.6 Å². The fourth-order valence-electron chi connectivity index (χ4n) is 1.47. The van der Waals surface area contributed by atoms with E-state index in [1.807, 2.05) is 13.8 Å². The summed E-state index contributed by atoms with van der Waals surface area (Å²) >= 11 is 1.72. The van der Waals surface area contributed by atoms with Gasteiger partial charge in [0.2, 0.25) is 0 Å². The van der Waals surface area contributed by atoms with Crippen molar-refractivity contribution in [2.45, 2.75) is 39.7 Å². The number of hydrogen-bond donors (Lipinski definition) is 1. The first-order valence-corrected chi connectivity index (χ1v) is 6.32. The Kier molecular flexibility index (Phi) is 4.54. The van der Waals surface area contributed by atoms with Gasteiger partial charge >= 0.3 is 0 Å². The molecule has 0 amide bonds. The Morgan fingerprint density at radius 1 is 1.53 bits per heavy atom. The molecule has 15 heavy (non-hydrogen) atoms. The van der Waals surface area contributed by atoms with E-state index in [0.29, 0.717) is 0 Å². The van der Waals surface area contributed by atoms with Crippen molar-refractivity contribution in [1.29, 1.82) is 0 Å². The van der Waals surface area contributed by atoms with Crippen LogP contribution in [0.1, 0.15) is 43.3 Å². The normalized spacial score (nSPS) is 12.9. The molecule has 86 valence electrons. The van der Waals surface area contributed by atoms with Crippen LogP contribution < -0.4 is 10.6 Å². The summed E-state index contributed by atoms with van der Waals surface area (Å²) in [5.41, 5.74) is 6.96. The molecule has 0 aliphatic heterocycles. The van der Waals surface area contributed by atoms with Crippen molar-refractivity contribution < 1.29 is 0 Å². The van der Waals surface area contributed by atoms with Crippen LogP contribution in [0, 0.1) is 6.92 Å². The summed E-state index contributed by atoms with van der Waals surface area (Å²) < 4.78 is 0. The number of anilines is 1.